The monoisotopic (exact) mass is 193 g/mol. The summed E-state index contributed by atoms with van der Waals surface area (Å²) >= 11 is 0. The lowest BCUT2D eigenvalue weighted by Crippen LogP contribution is -2.29. The summed E-state index contributed by atoms with van der Waals surface area (Å²) in [6.45, 7) is 4.00. The fraction of sp³-hybridized carbons (Fsp3) is 0.500. The number of hydrogen-bond donors (Lipinski definition) is 1. The van der Waals surface area contributed by atoms with Gasteiger partial charge in [-0.05, 0) is 5.92 Å². The molecule has 0 fully saturated rings. The van der Waals surface area contributed by atoms with Crippen LogP contribution in [-0.4, -0.2) is 21.8 Å². The lowest BCUT2D eigenvalue weighted by molar-refractivity contribution is 0.0967. The Morgan fingerprint density at radius 3 is 2.50 bits per heavy atom. The van der Waals surface area contributed by atoms with Gasteiger partial charge >= 0.3 is 0 Å². The van der Waals surface area contributed by atoms with Crippen molar-refractivity contribution in [2.24, 2.45) is 11.7 Å². The number of nitrogens with two attached hydrogens (primary N) is 1. The van der Waals surface area contributed by atoms with Gasteiger partial charge in [0.15, 0.2) is 5.78 Å². The number of carbonyl (C=O) groups is 1. The van der Waals surface area contributed by atoms with Gasteiger partial charge in [-0.15, -0.1) is 0 Å². The van der Waals surface area contributed by atoms with E-state index in [4.69, 9.17) is 5.73 Å². The van der Waals surface area contributed by atoms with Gasteiger partial charge in [-0.1, -0.05) is 13.8 Å². The number of ketones is 1. The molecule has 1 atom stereocenters. The molecular weight excluding hydrogens is 178 g/mol. The van der Waals surface area contributed by atoms with Gasteiger partial charge in [0.05, 0.1) is 5.56 Å². The first-order valence-corrected chi connectivity index (χ1v) is 4.65. The van der Waals surface area contributed by atoms with Crippen LogP contribution in [0.5, 0.6) is 0 Å². The molecule has 0 saturated carbocycles. The molecule has 4 nitrogen and oxygen atoms in total. The van der Waals surface area contributed by atoms with E-state index in [9.17, 15) is 4.79 Å². The SMILES string of the molecule is CC(C)C(N)CC(=O)c1cncnc1. The van der Waals surface area contributed by atoms with Crippen LogP contribution >= 0.6 is 0 Å². The van der Waals surface area contributed by atoms with Crippen LogP contribution < -0.4 is 5.73 Å². The Kier molecular flexibility index (Phi) is 3.71. The average molecular weight is 193 g/mol. The van der Waals surface area contributed by atoms with Crippen molar-refractivity contribution < 1.29 is 4.79 Å². The Morgan fingerprint density at radius 1 is 1.43 bits per heavy atom. The third kappa shape index (κ3) is 2.88. The van der Waals surface area contributed by atoms with E-state index in [1.54, 1.807) is 0 Å². The summed E-state index contributed by atoms with van der Waals surface area (Å²) in [5.74, 6) is 0.315. The van der Waals surface area contributed by atoms with Crippen molar-refractivity contribution in [3.05, 3.63) is 24.3 Å². The molecule has 1 rings (SSSR count). The van der Waals surface area contributed by atoms with Gasteiger partial charge in [-0.2, -0.15) is 0 Å². The van der Waals surface area contributed by atoms with Gasteiger partial charge in [-0.25, -0.2) is 9.97 Å². The van der Waals surface area contributed by atoms with Crippen molar-refractivity contribution in [1.82, 2.24) is 9.97 Å². The third-order valence-electron chi connectivity index (χ3n) is 2.16. The Hall–Kier alpha value is -1.29. The van der Waals surface area contributed by atoms with Gasteiger partial charge in [0.2, 0.25) is 0 Å². The molecule has 0 saturated heterocycles. The molecule has 1 unspecified atom stereocenters. The van der Waals surface area contributed by atoms with Crippen LogP contribution in [0.15, 0.2) is 18.7 Å². The summed E-state index contributed by atoms with van der Waals surface area (Å²) in [7, 11) is 0. The summed E-state index contributed by atoms with van der Waals surface area (Å²) in [6.07, 6.45) is 4.79. The summed E-state index contributed by atoms with van der Waals surface area (Å²) in [4.78, 5) is 19.2. The fourth-order valence-corrected chi connectivity index (χ4v) is 1.01. The van der Waals surface area contributed by atoms with Crippen LogP contribution in [0.2, 0.25) is 0 Å². The second-order valence-corrected chi connectivity index (χ2v) is 3.66. The number of Topliss-reactive ketones (excluding diaryl/α,β-unsaturated/α-hetero) is 1. The van der Waals surface area contributed by atoms with E-state index in [1.807, 2.05) is 13.8 Å². The standard InChI is InChI=1S/C10H15N3O/c1-7(2)9(11)3-10(14)8-4-12-6-13-5-8/h4-7,9H,3,11H2,1-2H3. The molecule has 1 aromatic rings. The van der Waals surface area contributed by atoms with Crippen LogP contribution in [0.3, 0.4) is 0 Å². The first-order chi connectivity index (χ1) is 6.61. The molecule has 0 spiro atoms. The zero-order valence-corrected chi connectivity index (χ0v) is 8.47. The number of aromatic nitrogens is 2. The highest BCUT2D eigenvalue weighted by Gasteiger charge is 2.14. The van der Waals surface area contributed by atoms with Crippen LogP contribution in [0.1, 0.15) is 30.6 Å². The highest BCUT2D eigenvalue weighted by molar-refractivity contribution is 5.95. The minimum Gasteiger partial charge on any atom is -0.327 e. The molecule has 0 bridgehead atoms. The molecular formula is C10H15N3O. The van der Waals surface area contributed by atoms with Crippen LogP contribution in [0.25, 0.3) is 0 Å². The zero-order chi connectivity index (χ0) is 10.6. The first kappa shape index (κ1) is 10.8. The van der Waals surface area contributed by atoms with E-state index in [0.717, 1.165) is 0 Å². The molecule has 14 heavy (non-hydrogen) atoms. The van der Waals surface area contributed by atoms with Crippen molar-refractivity contribution in [3.63, 3.8) is 0 Å². The Morgan fingerprint density at radius 2 is 2.00 bits per heavy atom. The van der Waals surface area contributed by atoms with Gasteiger partial charge in [0.1, 0.15) is 6.33 Å². The Bertz CT molecular complexity index is 297. The predicted molar refractivity (Wildman–Crippen MR) is 53.8 cm³/mol. The second-order valence-electron chi connectivity index (χ2n) is 3.66. The number of carbonyl (C=O) groups excluding carboxylic acids is 1. The highest BCUT2D eigenvalue weighted by atomic mass is 16.1. The van der Waals surface area contributed by atoms with E-state index in [1.165, 1.54) is 18.7 Å². The molecule has 0 aliphatic carbocycles. The fourth-order valence-electron chi connectivity index (χ4n) is 1.01. The maximum Gasteiger partial charge on any atom is 0.167 e. The minimum absolute atomic E-state index is 0.00630. The van der Waals surface area contributed by atoms with Crippen molar-refractivity contribution in [1.29, 1.82) is 0 Å². The number of rotatable bonds is 4. The highest BCUT2D eigenvalue weighted by Crippen LogP contribution is 2.07. The predicted octanol–water partition coefficient (Wildman–Crippen LogP) is 1.03. The molecule has 0 radical (unpaired) electrons. The minimum atomic E-state index is -0.0947. The number of nitrogens with zero attached hydrogens (tertiary/aromatic N) is 2. The Balaban J connectivity index is 2.60. The largest absolute Gasteiger partial charge is 0.327 e. The van der Waals surface area contributed by atoms with Crippen LogP contribution in [0.4, 0.5) is 0 Å². The normalized spacial score (nSPS) is 12.9. The molecule has 0 aliphatic rings. The maximum atomic E-state index is 11.6. The second kappa shape index (κ2) is 4.81. The van der Waals surface area contributed by atoms with Crippen LogP contribution in [-0.2, 0) is 0 Å². The smallest absolute Gasteiger partial charge is 0.167 e. The average Bonchev–Trinajstić information content (AvgIpc) is 2.19. The van der Waals surface area contributed by atoms with Gasteiger partial charge in [0, 0.05) is 24.9 Å². The molecule has 0 aromatic carbocycles. The Labute approximate surface area is 83.6 Å². The van der Waals surface area contributed by atoms with E-state index >= 15 is 0 Å². The summed E-state index contributed by atoms with van der Waals surface area (Å²) in [5, 5.41) is 0. The third-order valence-corrected chi connectivity index (χ3v) is 2.16. The summed E-state index contributed by atoms with van der Waals surface area (Å²) in [6, 6.07) is -0.0947. The molecule has 0 amide bonds. The lowest BCUT2D eigenvalue weighted by Gasteiger charge is -2.13. The quantitative estimate of drug-likeness (QED) is 0.725. The lowest BCUT2D eigenvalue weighted by atomic mass is 9.98. The molecule has 4 heteroatoms. The van der Waals surface area contributed by atoms with E-state index in [0.29, 0.717) is 17.9 Å². The molecule has 76 valence electrons. The topological polar surface area (TPSA) is 68.9 Å². The number of hydrogen-bond acceptors (Lipinski definition) is 4. The first-order valence-electron chi connectivity index (χ1n) is 4.65. The van der Waals surface area contributed by atoms with Crippen molar-refractivity contribution in [2.45, 2.75) is 26.3 Å². The molecule has 1 aromatic heterocycles. The van der Waals surface area contributed by atoms with E-state index in [-0.39, 0.29) is 11.8 Å². The van der Waals surface area contributed by atoms with Crippen molar-refractivity contribution in [3.8, 4) is 0 Å². The molecule has 1 heterocycles. The summed E-state index contributed by atoms with van der Waals surface area (Å²) in [5.41, 5.74) is 6.32. The van der Waals surface area contributed by atoms with Gasteiger partial charge < -0.3 is 5.73 Å². The van der Waals surface area contributed by atoms with Gasteiger partial charge in [0.25, 0.3) is 0 Å². The van der Waals surface area contributed by atoms with Gasteiger partial charge in [-0.3, -0.25) is 4.79 Å². The molecule has 0 aliphatic heterocycles. The zero-order valence-electron chi connectivity index (χ0n) is 8.47. The van der Waals surface area contributed by atoms with E-state index in [2.05, 4.69) is 9.97 Å². The van der Waals surface area contributed by atoms with Crippen molar-refractivity contribution >= 4 is 5.78 Å². The van der Waals surface area contributed by atoms with Crippen LogP contribution in [0, 0.1) is 5.92 Å². The maximum absolute atomic E-state index is 11.6. The molecule has 2 N–H and O–H groups in total. The summed E-state index contributed by atoms with van der Waals surface area (Å²) < 4.78 is 0. The van der Waals surface area contributed by atoms with Crippen molar-refractivity contribution in [2.75, 3.05) is 0 Å². The van der Waals surface area contributed by atoms with E-state index < -0.39 is 0 Å².